The average Bonchev–Trinajstić information content (AvgIpc) is 2.85. The maximum absolute atomic E-state index is 13.6. The summed E-state index contributed by atoms with van der Waals surface area (Å²) in [5.74, 6) is 0.952. The molecule has 0 spiro atoms. The Morgan fingerprint density at radius 3 is 2.47 bits per heavy atom. The van der Waals surface area contributed by atoms with Crippen molar-refractivity contribution in [2.45, 2.75) is 52.6 Å². The molecule has 0 radical (unpaired) electrons. The first-order valence-corrected chi connectivity index (χ1v) is 12.1. The molecule has 0 saturated heterocycles. The molecular formula is C29H36N2O3. The molecular weight excluding hydrogens is 424 g/mol. The molecule has 180 valence electrons. The van der Waals surface area contributed by atoms with Gasteiger partial charge in [0.05, 0.1) is 7.11 Å². The van der Waals surface area contributed by atoms with Crippen LogP contribution in [-0.4, -0.2) is 36.4 Å². The molecule has 3 aromatic rings. The maximum atomic E-state index is 13.6. The van der Waals surface area contributed by atoms with Gasteiger partial charge in [0, 0.05) is 19.5 Å². The van der Waals surface area contributed by atoms with Gasteiger partial charge in [-0.2, -0.15) is 0 Å². The van der Waals surface area contributed by atoms with Crippen molar-refractivity contribution in [3.05, 3.63) is 77.9 Å². The number of carbonyl (C=O) groups excluding carboxylic acids is 2. The van der Waals surface area contributed by atoms with Gasteiger partial charge in [-0.1, -0.05) is 75.4 Å². The molecule has 3 rings (SSSR count). The zero-order valence-corrected chi connectivity index (χ0v) is 20.7. The van der Waals surface area contributed by atoms with Crippen LogP contribution in [0, 0.1) is 5.92 Å². The van der Waals surface area contributed by atoms with Gasteiger partial charge in [0.25, 0.3) is 0 Å². The standard InChI is InChI=1S/C29H36N2O3/c1-5-27(29(33)30-19-21(2)3)31(20-22-10-8-14-25(18-22)34-4)28(32)17-16-24-13-9-12-23-11-6-7-15-26(23)24/h6-15,18,21,27H,5,16-17,19-20H2,1-4H3,(H,30,33). The summed E-state index contributed by atoms with van der Waals surface area (Å²) >= 11 is 0. The lowest BCUT2D eigenvalue weighted by Crippen LogP contribution is -2.49. The molecule has 0 aliphatic rings. The number of nitrogens with zero attached hydrogens (tertiary/aromatic N) is 1. The molecule has 0 fully saturated rings. The molecule has 0 heterocycles. The van der Waals surface area contributed by atoms with E-state index in [2.05, 4.69) is 43.4 Å². The number of amides is 2. The highest BCUT2D eigenvalue weighted by Crippen LogP contribution is 2.22. The van der Waals surface area contributed by atoms with Crippen molar-refractivity contribution in [3.8, 4) is 5.75 Å². The highest BCUT2D eigenvalue weighted by atomic mass is 16.5. The van der Waals surface area contributed by atoms with Gasteiger partial charge in [0.1, 0.15) is 11.8 Å². The summed E-state index contributed by atoms with van der Waals surface area (Å²) in [6, 6.07) is 21.6. The van der Waals surface area contributed by atoms with Gasteiger partial charge in [-0.05, 0) is 52.8 Å². The SMILES string of the molecule is CCC(C(=O)NCC(C)C)N(Cc1cccc(OC)c1)C(=O)CCc1cccc2ccccc12. The minimum atomic E-state index is -0.523. The second kappa shape index (κ2) is 12.2. The molecule has 0 aliphatic carbocycles. The van der Waals surface area contributed by atoms with Crippen LogP contribution in [0.1, 0.15) is 44.7 Å². The second-order valence-corrected chi connectivity index (χ2v) is 9.07. The lowest BCUT2D eigenvalue weighted by atomic mass is 10.00. The van der Waals surface area contributed by atoms with Crippen LogP contribution in [0.2, 0.25) is 0 Å². The Morgan fingerprint density at radius 2 is 1.74 bits per heavy atom. The molecule has 0 aromatic heterocycles. The number of benzene rings is 3. The highest BCUT2D eigenvalue weighted by Gasteiger charge is 2.28. The summed E-state index contributed by atoms with van der Waals surface area (Å²) in [6.07, 6.45) is 1.51. The molecule has 34 heavy (non-hydrogen) atoms. The number of hydrogen-bond donors (Lipinski definition) is 1. The smallest absolute Gasteiger partial charge is 0.242 e. The highest BCUT2D eigenvalue weighted by molar-refractivity contribution is 5.89. The monoisotopic (exact) mass is 460 g/mol. The lowest BCUT2D eigenvalue weighted by Gasteiger charge is -2.31. The van der Waals surface area contributed by atoms with Crippen molar-refractivity contribution in [2.75, 3.05) is 13.7 Å². The van der Waals surface area contributed by atoms with E-state index in [1.807, 2.05) is 49.4 Å². The van der Waals surface area contributed by atoms with Crippen LogP contribution in [0.15, 0.2) is 66.7 Å². The van der Waals surface area contributed by atoms with E-state index in [-0.39, 0.29) is 11.8 Å². The van der Waals surface area contributed by atoms with E-state index in [9.17, 15) is 9.59 Å². The van der Waals surface area contributed by atoms with E-state index in [1.54, 1.807) is 12.0 Å². The van der Waals surface area contributed by atoms with E-state index >= 15 is 0 Å². The molecule has 0 saturated carbocycles. The zero-order chi connectivity index (χ0) is 24.5. The van der Waals surface area contributed by atoms with Crippen LogP contribution in [0.25, 0.3) is 10.8 Å². The molecule has 2 amide bonds. The Morgan fingerprint density at radius 1 is 1.00 bits per heavy atom. The predicted octanol–water partition coefficient (Wildman–Crippen LogP) is 5.36. The van der Waals surface area contributed by atoms with Crippen molar-refractivity contribution in [1.82, 2.24) is 10.2 Å². The lowest BCUT2D eigenvalue weighted by molar-refractivity contribution is -0.141. The van der Waals surface area contributed by atoms with Gasteiger partial charge in [-0.25, -0.2) is 0 Å². The third-order valence-corrected chi connectivity index (χ3v) is 6.05. The molecule has 5 heteroatoms. The van der Waals surface area contributed by atoms with Gasteiger partial charge in [0.15, 0.2) is 0 Å². The summed E-state index contributed by atoms with van der Waals surface area (Å²) in [5, 5.41) is 5.35. The Bertz CT molecular complexity index is 1100. The van der Waals surface area contributed by atoms with Crippen LogP contribution in [0.3, 0.4) is 0 Å². The maximum Gasteiger partial charge on any atom is 0.242 e. The Kier molecular flexibility index (Phi) is 9.08. The van der Waals surface area contributed by atoms with Crippen LogP contribution in [0.5, 0.6) is 5.75 Å². The number of rotatable bonds is 11. The number of methoxy groups -OCH3 is 1. The summed E-state index contributed by atoms with van der Waals surface area (Å²) in [4.78, 5) is 28.4. The van der Waals surface area contributed by atoms with Crippen molar-refractivity contribution in [2.24, 2.45) is 5.92 Å². The fraction of sp³-hybridized carbons (Fsp3) is 0.379. The molecule has 1 unspecified atom stereocenters. The normalized spacial score (nSPS) is 11.9. The first-order valence-electron chi connectivity index (χ1n) is 12.1. The van der Waals surface area contributed by atoms with Crippen molar-refractivity contribution >= 4 is 22.6 Å². The number of carbonyl (C=O) groups is 2. The van der Waals surface area contributed by atoms with Crippen LogP contribution in [0.4, 0.5) is 0 Å². The third-order valence-electron chi connectivity index (χ3n) is 6.05. The molecule has 1 N–H and O–H groups in total. The van der Waals surface area contributed by atoms with E-state index in [4.69, 9.17) is 4.74 Å². The average molecular weight is 461 g/mol. The van der Waals surface area contributed by atoms with Gasteiger partial charge in [0.2, 0.25) is 11.8 Å². The fourth-order valence-electron chi connectivity index (χ4n) is 4.21. The molecule has 5 nitrogen and oxygen atoms in total. The van der Waals surface area contributed by atoms with Gasteiger partial charge in [-0.3, -0.25) is 9.59 Å². The van der Waals surface area contributed by atoms with E-state index in [0.717, 1.165) is 16.9 Å². The van der Waals surface area contributed by atoms with E-state index in [0.29, 0.717) is 38.3 Å². The van der Waals surface area contributed by atoms with Crippen LogP contribution < -0.4 is 10.1 Å². The van der Waals surface area contributed by atoms with Crippen LogP contribution in [-0.2, 0) is 22.6 Å². The molecule has 3 aromatic carbocycles. The van der Waals surface area contributed by atoms with Crippen molar-refractivity contribution < 1.29 is 14.3 Å². The third kappa shape index (κ3) is 6.60. The Balaban J connectivity index is 1.83. The van der Waals surface area contributed by atoms with E-state index in [1.165, 1.54) is 10.8 Å². The molecule has 0 aliphatic heterocycles. The summed E-state index contributed by atoms with van der Waals surface area (Å²) in [6.45, 7) is 7.02. The fourth-order valence-corrected chi connectivity index (χ4v) is 4.21. The second-order valence-electron chi connectivity index (χ2n) is 9.07. The summed E-state index contributed by atoms with van der Waals surface area (Å²) in [7, 11) is 1.63. The van der Waals surface area contributed by atoms with Crippen molar-refractivity contribution in [1.29, 1.82) is 0 Å². The number of ether oxygens (including phenoxy) is 1. The Labute approximate surface area is 203 Å². The van der Waals surface area contributed by atoms with Gasteiger partial charge >= 0.3 is 0 Å². The summed E-state index contributed by atoms with van der Waals surface area (Å²) < 4.78 is 5.36. The zero-order valence-electron chi connectivity index (χ0n) is 20.7. The predicted molar refractivity (Wildman–Crippen MR) is 138 cm³/mol. The quantitative estimate of drug-likeness (QED) is 0.419. The van der Waals surface area contributed by atoms with Crippen molar-refractivity contribution in [3.63, 3.8) is 0 Å². The number of aryl methyl sites for hydroxylation is 1. The van der Waals surface area contributed by atoms with Gasteiger partial charge < -0.3 is 15.0 Å². The largest absolute Gasteiger partial charge is 0.497 e. The van der Waals surface area contributed by atoms with Gasteiger partial charge in [-0.15, -0.1) is 0 Å². The minimum absolute atomic E-state index is 0.0256. The number of hydrogen-bond acceptors (Lipinski definition) is 3. The molecule has 0 bridgehead atoms. The van der Waals surface area contributed by atoms with E-state index < -0.39 is 6.04 Å². The number of nitrogens with one attached hydrogen (secondary N) is 1. The first kappa shape index (κ1) is 25.3. The Hall–Kier alpha value is -3.34. The molecule has 1 atom stereocenters. The first-order chi connectivity index (χ1) is 16.4. The number of fused-ring (bicyclic) bond motifs is 1. The summed E-state index contributed by atoms with van der Waals surface area (Å²) in [5.41, 5.74) is 2.08. The van der Waals surface area contributed by atoms with Crippen LogP contribution >= 0.6 is 0 Å². The topological polar surface area (TPSA) is 58.6 Å². The minimum Gasteiger partial charge on any atom is -0.497 e.